The van der Waals surface area contributed by atoms with Crippen LogP contribution in [-0.4, -0.2) is 4.75 Å². The molecule has 0 nitrogen and oxygen atoms in total. The summed E-state index contributed by atoms with van der Waals surface area (Å²) in [5, 5.41) is 0. The summed E-state index contributed by atoms with van der Waals surface area (Å²) in [5.74, 6) is 0. The van der Waals surface area contributed by atoms with Crippen molar-refractivity contribution >= 4 is 12.6 Å². The molecule has 1 unspecified atom stereocenters. The van der Waals surface area contributed by atoms with Gasteiger partial charge in [-0.25, -0.2) is 0 Å². The Morgan fingerprint density at radius 2 is 2.33 bits per heavy atom. The second-order valence-corrected chi connectivity index (χ2v) is 3.74. The van der Waals surface area contributed by atoms with Crippen LogP contribution in [0.5, 0.6) is 0 Å². The summed E-state index contributed by atoms with van der Waals surface area (Å²) in [6.45, 7) is 4.27. The highest BCUT2D eigenvalue weighted by atomic mass is 32.1. The van der Waals surface area contributed by atoms with Crippen LogP contribution in [0.25, 0.3) is 0 Å². The van der Waals surface area contributed by atoms with E-state index in [1.807, 2.05) is 0 Å². The summed E-state index contributed by atoms with van der Waals surface area (Å²) >= 11 is 4.49. The molecule has 0 saturated carbocycles. The van der Waals surface area contributed by atoms with Crippen LogP contribution in [0.2, 0.25) is 0 Å². The smallest absolute Gasteiger partial charge is 0.0344 e. The molecule has 0 aromatic rings. The van der Waals surface area contributed by atoms with Crippen LogP contribution in [0.4, 0.5) is 0 Å². The molecule has 1 rings (SSSR count). The van der Waals surface area contributed by atoms with E-state index in [1.54, 1.807) is 0 Å². The van der Waals surface area contributed by atoms with Gasteiger partial charge in [0.2, 0.25) is 0 Å². The third-order valence-corrected chi connectivity index (χ3v) is 2.38. The highest BCUT2D eigenvalue weighted by molar-refractivity contribution is 7.82. The summed E-state index contributed by atoms with van der Waals surface area (Å²) in [5.41, 5.74) is 1.35. The number of thiol groups is 1. The molecule has 1 heteroatoms. The molecule has 0 bridgehead atoms. The van der Waals surface area contributed by atoms with Crippen molar-refractivity contribution in [2.45, 2.75) is 25.0 Å². The van der Waals surface area contributed by atoms with Gasteiger partial charge in [0.05, 0.1) is 0 Å². The molecule has 0 aromatic heterocycles. The van der Waals surface area contributed by atoms with Crippen LogP contribution < -0.4 is 0 Å². The summed E-state index contributed by atoms with van der Waals surface area (Å²) in [4.78, 5) is 0. The lowest BCUT2D eigenvalue weighted by Crippen LogP contribution is -2.18. The SMILES string of the molecule is CC1=CC=CCC1(C)S. The average molecular weight is 140 g/mol. The van der Waals surface area contributed by atoms with Crippen LogP contribution in [0.1, 0.15) is 20.3 Å². The van der Waals surface area contributed by atoms with E-state index in [4.69, 9.17) is 0 Å². The van der Waals surface area contributed by atoms with Crippen molar-refractivity contribution in [1.82, 2.24) is 0 Å². The largest absolute Gasteiger partial charge is 0.168 e. The Bertz CT molecular complexity index is 163. The molecule has 1 aliphatic rings. The highest BCUT2D eigenvalue weighted by Crippen LogP contribution is 2.30. The zero-order chi connectivity index (χ0) is 6.91. The Hall–Kier alpha value is -0.170. The van der Waals surface area contributed by atoms with Crippen molar-refractivity contribution in [3.05, 3.63) is 23.8 Å². The Labute approximate surface area is 62.1 Å². The first-order chi connectivity index (χ1) is 4.13. The molecule has 0 heterocycles. The van der Waals surface area contributed by atoms with Gasteiger partial charge in [-0.2, -0.15) is 12.6 Å². The number of hydrogen-bond acceptors (Lipinski definition) is 1. The standard InChI is InChI=1S/C8H12S/c1-7-5-3-4-6-8(7,2)9/h3-5,9H,6H2,1-2H3. The van der Waals surface area contributed by atoms with Crippen LogP contribution in [0.15, 0.2) is 23.8 Å². The normalized spacial score (nSPS) is 34.3. The average Bonchev–Trinajstić information content (AvgIpc) is 1.77. The van der Waals surface area contributed by atoms with Gasteiger partial charge in [-0.1, -0.05) is 23.8 Å². The van der Waals surface area contributed by atoms with Gasteiger partial charge in [-0.05, 0) is 20.3 Å². The lowest BCUT2D eigenvalue weighted by molar-refractivity contribution is 0.752. The van der Waals surface area contributed by atoms with Gasteiger partial charge >= 0.3 is 0 Å². The summed E-state index contributed by atoms with van der Waals surface area (Å²) in [6.07, 6.45) is 7.42. The number of hydrogen-bond donors (Lipinski definition) is 1. The molecule has 0 fully saturated rings. The van der Waals surface area contributed by atoms with Crippen molar-refractivity contribution in [2.24, 2.45) is 0 Å². The molecule has 0 radical (unpaired) electrons. The molecular formula is C8H12S. The van der Waals surface area contributed by atoms with Gasteiger partial charge in [0.1, 0.15) is 0 Å². The molecule has 9 heavy (non-hydrogen) atoms. The third-order valence-electron chi connectivity index (χ3n) is 1.85. The number of rotatable bonds is 0. The lowest BCUT2D eigenvalue weighted by Gasteiger charge is -2.25. The molecular weight excluding hydrogens is 128 g/mol. The minimum absolute atomic E-state index is 0.106. The Morgan fingerprint density at radius 3 is 2.67 bits per heavy atom. The Kier molecular flexibility index (Phi) is 1.71. The van der Waals surface area contributed by atoms with Gasteiger partial charge in [-0.15, -0.1) is 0 Å². The summed E-state index contributed by atoms with van der Waals surface area (Å²) in [6, 6.07) is 0. The lowest BCUT2D eigenvalue weighted by atomic mass is 9.94. The van der Waals surface area contributed by atoms with Gasteiger partial charge in [0.25, 0.3) is 0 Å². The predicted octanol–water partition coefficient (Wildman–Crippen LogP) is 2.58. The maximum absolute atomic E-state index is 4.49. The zero-order valence-electron chi connectivity index (χ0n) is 5.89. The maximum atomic E-state index is 4.49. The van der Waals surface area contributed by atoms with E-state index in [0.29, 0.717) is 0 Å². The van der Waals surface area contributed by atoms with E-state index in [9.17, 15) is 0 Å². The van der Waals surface area contributed by atoms with Crippen molar-refractivity contribution in [1.29, 1.82) is 0 Å². The van der Waals surface area contributed by atoms with Crippen LogP contribution >= 0.6 is 12.6 Å². The van der Waals surface area contributed by atoms with E-state index in [2.05, 4.69) is 44.7 Å². The van der Waals surface area contributed by atoms with Gasteiger partial charge < -0.3 is 0 Å². The van der Waals surface area contributed by atoms with E-state index >= 15 is 0 Å². The summed E-state index contributed by atoms with van der Waals surface area (Å²) in [7, 11) is 0. The minimum atomic E-state index is 0.106. The Morgan fingerprint density at radius 1 is 1.67 bits per heavy atom. The van der Waals surface area contributed by atoms with Gasteiger partial charge in [0, 0.05) is 4.75 Å². The first kappa shape index (κ1) is 6.94. The van der Waals surface area contributed by atoms with E-state index in [0.717, 1.165) is 6.42 Å². The molecule has 1 aliphatic carbocycles. The first-order valence-electron chi connectivity index (χ1n) is 3.19. The molecule has 0 saturated heterocycles. The topological polar surface area (TPSA) is 0 Å². The monoisotopic (exact) mass is 140 g/mol. The highest BCUT2D eigenvalue weighted by Gasteiger charge is 2.20. The quantitative estimate of drug-likeness (QED) is 0.491. The second-order valence-electron chi connectivity index (χ2n) is 2.76. The predicted molar refractivity (Wildman–Crippen MR) is 44.9 cm³/mol. The van der Waals surface area contributed by atoms with Crippen LogP contribution in [0, 0.1) is 0 Å². The fourth-order valence-corrected chi connectivity index (χ4v) is 1.03. The molecule has 1 atom stereocenters. The molecule has 0 amide bonds. The van der Waals surface area contributed by atoms with E-state index < -0.39 is 0 Å². The minimum Gasteiger partial charge on any atom is -0.168 e. The van der Waals surface area contributed by atoms with Crippen molar-refractivity contribution in [2.75, 3.05) is 0 Å². The molecule has 0 aromatic carbocycles. The van der Waals surface area contributed by atoms with Gasteiger partial charge in [0.15, 0.2) is 0 Å². The molecule has 0 aliphatic heterocycles. The molecule has 50 valence electrons. The fraction of sp³-hybridized carbons (Fsp3) is 0.500. The van der Waals surface area contributed by atoms with Crippen molar-refractivity contribution in [3.63, 3.8) is 0 Å². The van der Waals surface area contributed by atoms with Crippen LogP contribution in [0.3, 0.4) is 0 Å². The maximum Gasteiger partial charge on any atom is 0.0344 e. The zero-order valence-corrected chi connectivity index (χ0v) is 6.78. The first-order valence-corrected chi connectivity index (χ1v) is 3.64. The van der Waals surface area contributed by atoms with E-state index in [-0.39, 0.29) is 4.75 Å². The second kappa shape index (κ2) is 2.22. The molecule has 0 spiro atoms. The van der Waals surface area contributed by atoms with Gasteiger partial charge in [-0.3, -0.25) is 0 Å². The third kappa shape index (κ3) is 1.39. The Balaban J connectivity index is 2.83. The van der Waals surface area contributed by atoms with Crippen molar-refractivity contribution < 1.29 is 0 Å². The van der Waals surface area contributed by atoms with E-state index in [1.165, 1.54) is 5.57 Å². The fourth-order valence-electron chi connectivity index (χ4n) is 0.850. The van der Waals surface area contributed by atoms with Crippen molar-refractivity contribution in [3.8, 4) is 0 Å². The van der Waals surface area contributed by atoms with Crippen LogP contribution in [-0.2, 0) is 0 Å². The molecule has 0 N–H and O–H groups in total. The summed E-state index contributed by atoms with van der Waals surface area (Å²) < 4.78 is 0.106. The number of allylic oxidation sites excluding steroid dienone is 3.